The Bertz CT molecular complexity index is 317. The topological polar surface area (TPSA) is 32.3 Å². The highest BCUT2D eigenvalue weighted by Gasteiger charge is 2.42. The highest BCUT2D eigenvalue weighted by molar-refractivity contribution is 7.99. The van der Waals surface area contributed by atoms with Gasteiger partial charge in [0.1, 0.15) is 0 Å². The fourth-order valence-corrected chi connectivity index (χ4v) is 4.80. The SMILES string of the molecule is CSC1CCC(N2C(=O)CNC2C2CCCC2)C1. The normalized spacial score (nSPS) is 37.9. The van der Waals surface area contributed by atoms with E-state index in [2.05, 4.69) is 16.5 Å². The number of nitrogens with zero attached hydrogens (tertiary/aromatic N) is 1. The Morgan fingerprint density at radius 2 is 2.00 bits per heavy atom. The highest BCUT2D eigenvalue weighted by Crippen LogP contribution is 2.37. The van der Waals surface area contributed by atoms with Crippen molar-refractivity contribution in [3.8, 4) is 0 Å². The molecule has 3 aliphatic rings. The third-order valence-corrected chi connectivity index (χ3v) is 6.07. The number of rotatable bonds is 3. The molecule has 2 aliphatic carbocycles. The zero-order valence-corrected chi connectivity index (χ0v) is 12.0. The summed E-state index contributed by atoms with van der Waals surface area (Å²) in [5, 5.41) is 4.25. The lowest BCUT2D eigenvalue weighted by atomic mass is 10.0. The second-order valence-corrected chi connectivity index (χ2v) is 7.13. The van der Waals surface area contributed by atoms with E-state index in [0.717, 1.165) is 5.25 Å². The van der Waals surface area contributed by atoms with Crippen LogP contribution in [0, 0.1) is 5.92 Å². The van der Waals surface area contributed by atoms with Crippen LogP contribution in [0.3, 0.4) is 0 Å². The minimum Gasteiger partial charge on any atom is -0.323 e. The molecule has 0 aromatic rings. The Morgan fingerprint density at radius 3 is 2.67 bits per heavy atom. The van der Waals surface area contributed by atoms with Gasteiger partial charge in [0.05, 0.1) is 12.7 Å². The minimum absolute atomic E-state index is 0.346. The van der Waals surface area contributed by atoms with Crippen LogP contribution in [0.5, 0.6) is 0 Å². The first-order valence-electron chi connectivity index (χ1n) is 7.37. The van der Waals surface area contributed by atoms with Gasteiger partial charge in [-0.3, -0.25) is 10.1 Å². The second-order valence-electron chi connectivity index (χ2n) is 6.00. The molecular formula is C14H24N2OS. The molecule has 1 amide bonds. The van der Waals surface area contributed by atoms with Gasteiger partial charge in [-0.05, 0) is 44.3 Å². The molecule has 4 heteroatoms. The summed E-state index contributed by atoms with van der Waals surface area (Å²) in [5.41, 5.74) is 0. The molecule has 1 aliphatic heterocycles. The number of hydrogen-bond acceptors (Lipinski definition) is 3. The average Bonchev–Trinajstić information content (AvgIpc) is 3.07. The van der Waals surface area contributed by atoms with Crippen LogP contribution in [0.2, 0.25) is 0 Å². The summed E-state index contributed by atoms with van der Waals surface area (Å²) in [6.45, 7) is 0.571. The third-order valence-electron chi connectivity index (χ3n) is 4.98. The van der Waals surface area contributed by atoms with Crippen molar-refractivity contribution < 1.29 is 4.79 Å². The van der Waals surface area contributed by atoms with Gasteiger partial charge >= 0.3 is 0 Å². The molecule has 0 aromatic heterocycles. The van der Waals surface area contributed by atoms with Crippen LogP contribution in [0.4, 0.5) is 0 Å². The Kier molecular flexibility index (Phi) is 3.85. The summed E-state index contributed by atoms with van der Waals surface area (Å²) in [7, 11) is 0. The zero-order valence-electron chi connectivity index (χ0n) is 11.2. The van der Waals surface area contributed by atoms with Crippen molar-refractivity contribution in [1.82, 2.24) is 10.2 Å². The molecule has 2 saturated carbocycles. The average molecular weight is 268 g/mol. The van der Waals surface area contributed by atoms with E-state index in [1.807, 2.05) is 11.8 Å². The van der Waals surface area contributed by atoms with Crippen molar-refractivity contribution in [2.45, 2.75) is 62.4 Å². The summed E-state index contributed by atoms with van der Waals surface area (Å²) < 4.78 is 0. The lowest BCUT2D eigenvalue weighted by molar-refractivity contribution is -0.131. The number of nitrogens with one attached hydrogen (secondary N) is 1. The summed E-state index contributed by atoms with van der Waals surface area (Å²) in [4.78, 5) is 14.4. The van der Waals surface area contributed by atoms with Gasteiger partial charge in [0, 0.05) is 11.3 Å². The van der Waals surface area contributed by atoms with E-state index in [1.165, 1.54) is 44.9 Å². The van der Waals surface area contributed by atoms with E-state index in [-0.39, 0.29) is 0 Å². The number of amides is 1. The van der Waals surface area contributed by atoms with Gasteiger partial charge in [0.2, 0.25) is 5.91 Å². The molecule has 0 aromatic carbocycles. The maximum absolute atomic E-state index is 12.2. The standard InChI is InChI=1S/C14H24N2OS/c1-18-12-7-6-11(8-12)16-13(17)9-15-14(16)10-4-2-3-5-10/h10-12,14-15H,2-9H2,1H3. The van der Waals surface area contributed by atoms with Crippen molar-refractivity contribution in [2.24, 2.45) is 5.92 Å². The molecule has 3 rings (SSSR count). The number of carbonyl (C=O) groups excluding carboxylic acids is 1. The maximum Gasteiger partial charge on any atom is 0.238 e. The molecule has 1 heterocycles. The van der Waals surface area contributed by atoms with Gasteiger partial charge in [-0.1, -0.05) is 12.8 Å². The Morgan fingerprint density at radius 1 is 1.22 bits per heavy atom. The lowest BCUT2D eigenvalue weighted by Gasteiger charge is -2.34. The number of carbonyl (C=O) groups is 1. The van der Waals surface area contributed by atoms with Crippen molar-refractivity contribution in [3.05, 3.63) is 0 Å². The monoisotopic (exact) mass is 268 g/mol. The van der Waals surface area contributed by atoms with Crippen LogP contribution >= 0.6 is 11.8 Å². The van der Waals surface area contributed by atoms with Crippen LogP contribution in [0.25, 0.3) is 0 Å². The maximum atomic E-state index is 12.2. The summed E-state index contributed by atoms with van der Waals surface area (Å²) >= 11 is 1.97. The Balaban J connectivity index is 1.69. The lowest BCUT2D eigenvalue weighted by Crippen LogP contribution is -2.47. The summed E-state index contributed by atoms with van der Waals surface area (Å²) in [6, 6.07) is 0.510. The van der Waals surface area contributed by atoms with Gasteiger partial charge < -0.3 is 4.90 Å². The summed E-state index contributed by atoms with van der Waals surface area (Å²) in [6.07, 6.45) is 11.6. The van der Waals surface area contributed by atoms with Gasteiger partial charge in [-0.15, -0.1) is 0 Å². The van der Waals surface area contributed by atoms with Gasteiger partial charge in [0.15, 0.2) is 0 Å². The van der Waals surface area contributed by atoms with Gasteiger partial charge in [0.25, 0.3) is 0 Å². The molecule has 102 valence electrons. The molecule has 0 radical (unpaired) electrons. The third kappa shape index (κ3) is 2.29. The second kappa shape index (κ2) is 5.41. The molecule has 3 atom stereocenters. The van der Waals surface area contributed by atoms with Crippen LogP contribution < -0.4 is 5.32 Å². The zero-order chi connectivity index (χ0) is 12.5. The van der Waals surface area contributed by atoms with Crippen molar-refractivity contribution in [1.29, 1.82) is 0 Å². The fourth-order valence-electron chi connectivity index (χ4n) is 4.02. The molecule has 0 bridgehead atoms. The minimum atomic E-state index is 0.346. The van der Waals surface area contributed by atoms with Crippen molar-refractivity contribution >= 4 is 17.7 Å². The largest absolute Gasteiger partial charge is 0.323 e. The molecule has 1 saturated heterocycles. The smallest absolute Gasteiger partial charge is 0.238 e. The Labute approximate surface area is 114 Å². The van der Waals surface area contributed by atoms with E-state index < -0.39 is 0 Å². The predicted molar refractivity (Wildman–Crippen MR) is 75.5 cm³/mol. The highest BCUT2D eigenvalue weighted by atomic mass is 32.2. The first-order chi connectivity index (χ1) is 8.79. The van der Waals surface area contributed by atoms with Gasteiger partial charge in [-0.2, -0.15) is 11.8 Å². The van der Waals surface area contributed by atoms with E-state index in [9.17, 15) is 4.79 Å². The predicted octanol–water partition coefficient (Wildman–Crippen LogP) is 2.22. The van der Waals surface area contributed by atoms with Crippen LogP contribution in [-0.4, -0.2) is 41.1 Å². The molecule has 3 nitrogen and oxygen atoms in total. The molecule has 3 fully saturated rings. The molecule has 3 unspecified atom stereocenters. The van der Waals surface area contributed by atoms with Gasteiger partial charge in [-0.25, -0.2) is 0 Å². The fraction of sp³-hybridized carbons (Fsp3) is 0.929. The first-order valence-corrected chi connectivity index (χ1v) is 8.65. The molecular weight excluding hydrogens is 244 g/mol. The molecule has 1 N–H and O–H groups in total. The van der Waals surface area contributed by atoms with Crippen molar-refractivity contribution in [2.75, 3.05) is 12.8 Å². The van der Waals surface area contributed by atoms with E-state index in [1.54, 1.807) is 0 Å². The molecule has 0 spiro atoms. The van der Waals surface area contributed by atoms with E-state index in [0.29, 0.717) is 30.6 Å². The van der Waals surface area contributed by atoms with E-state index in [4.69, 9.17) is 0 Å². The summed E-state index contributed by atoms with van der Waals surface area (Å²) in [5.74, 6) is 1.06. The first kappa shape index (κ1) is 12.8. The molecule has 18 heavy (non-hydrogen) atoms. The Hall–Kier alpha value is -0.220. The van der Waals surface area contributed by atoms with E-state index >= 15 is 0 Å². The van der Waals surface area contributed by atoms with Crippen LogP contribution in [0.1, 0.15) is 44.9 Å². The van der Waals surface area contributed by atoms with Crippen molar-refractivity contribution in [3.63, 3.8) is 0 Å². The van der Waals surface area contributed by atoms with Crippen LogP contribution in [0.15, 0.2) is 0 Å². The number of hydrogen-bond donors (Lipinski definition) is 1. The van der Waals surface area contributed by atoms with Crippen LogP contribution in [-0.2, 0) is 4.79 Å². The number of thioether (sulfide) groups is 1. The quantitative estimate of drug-likeness (QED) is 0.852.